The predicted octanol–water partition coefficient (Wildman–Crippen LogP) is 1.39. The third-order valence-corrected chi connectivity index (χ3v) is 5.19. The number of hydrogen-bond donors (Lipinski definition) is 4. The first-order valence-corrected chi connectivity index (χ1v) is 10.2. The number of ether oxygens (including phenoxy) is 1. The van der Waals surface area contributed by atoms with Gasteiger partial charge in [-0.05, 0) is 29.8 Å². The molecule has 3 atom stereocenters. The summed E-state index contributed by atoms with van der Waals surface area (Å²) in [5.41, 5.74) is 6.71. The van der Waals surface area contributed by atoms with Crippen molar-refractivity contribution in [3.63, 3.8) is 0 Å². The van der Waals surface area contributed by atoms with Crippen molar-refractivity contribution >= 4 is 11.8 Å². The first-order valence-electron chi connectivity index (χ1n) is 10.2. The number of nitrogens with two attached hydrogens (primary N) is 1. The van der Waals surface area contributed by atoms with Gasteiger partial charge in [0.25, 0.3) is 11.8 Å². The largest absolute Gasteiger partial charge is 0.428 e. The van der Waals surface area contributed by atoms with E-state index in [9.17, 15) is 22.8 Å². The first kappa shape index (κ1) is 24.6. The molecule has 5 N–H and O–H groups in total. The first-order chi connectivity index (χ1) is 15.7. The van der Waals surface area contributed by atoms with E-state index in [2.05, 4.69) is 5.32 Å². The molecular formula is C22H25F3N4O4. The minimum Gasteiger partial charge on any atom is -0.377 e. The van der Waals surface area contributed by atoms with E-state index in [0.717, 1.165) is 0 Å². The van der Waals surface area contributed by atoms with E-state index in [0.29, 0.717) is 18.7 Å². The zero-order valence-electron chi connectivity index (χ0n) is 17.6. The Morgan fingerprint density at radius 2 is 1.79 bits per heavy atom. The highest BCUT2D eigenvalue weighted by molar-refractivity contribution is 5.95. The Morgan fingerprint density at radius 1 is 1.12 bits per heavy atom. The van der Waals surface area contributed by atoms with Crippen molar-refractivity contribution < 1.29 is 32.6 Å². The maximum atomic E-state index is 12.8. The summed E-state index contributed by atoms with van der Waals surface area (Å²) in [6, 6.07) is 14.1. The summed E-state index contributed by atoms with van der Waals surface area (Å²) < 4.78 is 42.8. The van der Waals surface area contributed by atoms with Crippen LogP contribution < -0.4 is 16.4 Å². The Labute approximate surface area is 188 Å². The van der Waals surface area contributed by atoms with Crippen LogP contribution in [0.2, 0.25) is 0 Å². The lowest BCUT2D eigenvalue weighted by atomic mass is 10.1. The Bertz CT molecular complexity index is 941. The topological polar surface area (TPSA) is 117 Å². The molecule has 3 rings (SSSR count). The van der Waals surface area contributed by atoms with E-state index in [1.807, 2.05) is 11.4 Å². The molecule has 178 valence electrons. The second kappa shape index (κ2) is 10.8. The average Bonchev–Trinajstić information content (AvgIpc) is 2.82. The fourth-order valence-corrected chi connectivity index (χ4v) is 3.35. The van der Waals surface area contributed by atoms with E-state index >= 15 is 0 Å². The van der Waals surface area contributed by atoms with Gasteiger partial charge in [0.1, 0.15) is 0 Å². The van der Waals surface area contributed by atoms with E-state index in [4.69, 9.17) is 15.6 Å². The molecule has 2 amide bonds. The van der Waals surface area contributed by atoms with Gasteiger partial charge in [0, 0.05) is 24.2 Å². The van der Waals surface area contributed by atoms with Crippen LogP contribution in [0.4, 0.5) is 13.2 Å². The summed E-state index contributed by atoms with van der Waals surface area (Å²) in [6.07, 6.45) is -8.90. The van der Waals surface area contributed by atoms with Crippen LogP contribution in [0.15, 0.2) is 54.6 Å². The molecule has 1 aliphatic rings. The number of amides is 2. The van der Waals surface area contributed by atoms with E-state index in [-0.39, 0.29) is 36.2 Å². The molecule has 8 nitrogen and oxygen atoms in total. The lowest BCUT2D eigenvalue weighted by molar-refractivity contribution is -0.216. The smallest absolute Gasteiger partial charge is 0.377 e. The third-order valence-electron chi connectivity index (χ3n) is 5.19. The van der Waals surface area contributed by atoms with Crippen molar-refractivity contribution in [2.24, 2.45) is 5.73 Å². The average molecular weight is 466 g/mol. The van der Waals surface area contributed by atoms with Crippen molar-refractivity contribution in [2.45, 2.75) is 24.6 Å². The van der Waals surface area contributed by atoms with Gasteiger partial charge in [0.2, 0.25) is 6.23 Å². The molecule has 1 fully saturated rings. The Kier molecular flexibility index (Phi) is 8.03. The van der Waals surface area contributed by atoms with Gasteiger partial charge in [0.15, 0.2) is 0 Å². The monoisotopic (exact) mass is 466 g/mol. The number of benzene rings is 2. The van der Waals surface area contributed by atoms with Crippen molar-refractivity contribution in [2.75, 3.05) is 26.3 Å². The van der Waals surface area contributed by atoms with Gasteiger partial charge in [0.05, 0.1) is 25.4 Å². The molecule has 33 heavy (non-hydrogen) atoms. The maximum absolute atomic E-state index is 12.8. The van der Waals surface area contributed by atoms with Gasteiger partial charge in [-0.25, -0.2) is 0 Å². The van der Waals surface area contributed by atoms with Gasteiger partial charge < -0.3 is 25.8 Å². The minimum atomic E-state index is -4.85. The molecule has 2 aromatic rings. The molecule has 0 aromatic heterocycles. The fourth-order valence-electron chi connectivity index (χ4n) is 3.35. The summed E-state index contributed by atoms with van der Waals surface area (Å²) >= 11 is 0. The summed E-state index contributed by atoms with van der Waals surface area (Å²) in [5.74, 6) is -0.568. The summed E-state index contributed by atoms with van der Waals surface area (Å²) in [7, 11) is 0. The van der Waals surface area contributed by atoms with E-state index < -0.39 is 24.5 Å². The van der Waals surface area contributed by atoms with Crippen LogP contribution in [-0.2, 0) is 4.74 Å². The quantitative estimate of drug-likeness (QED) is 0.458. The second-order valence-corrected chi connectivity index (χ2v) is 7.51. The summed E-state index contributed by atoms with van der Waals surface area (Å²) in [5, 5.41) is 13.7. The van der Waals surface area contributed by atoms with Crippen LogP contribution in [0.25, 0.3) is 0 Å². The van der Waals surface area contributed by atoms with Crippen molar-refractivity contribution in [3.05, 3.63) is 71.3 Å². The van der Waals surface area contributed by atoms with Crippen LogP contribution in [-0.4, -0.2) is 66.6 Å². The van der Waals surface area contributed by atoms with Gasteiger partial charge >= 0.3 is 6.18 Å². The molecule has 0 spiro atoms. The molecule has 0 aliphatic carbocycles. The molecule has 1 aliphatic heterocycles. The summed E-state index contributed by atoms with van der Waals surface area (Å²) in [6.45, 7) is 1.25. The van der Waals surface area contributed by atoms with Crippen LogP contribution in [0.3, 0.4) is 0 Å². The standard InChI is InChI=1S/C22H25F3N4O4/c23-22(24,25)21(32)28-18(26)14-6-8-15(9-7-14)19(30)27-12-17-13-33-11-10-29(17)20(31)16-4-2-1-3-5-16/h1-9,17-18,21,28,32H,10-13,26H2,(H,27,30). The minimum absolute atomic E-state index is 0.148. The maximum Gasteiger partial charge on any atom is 0.428 e. The molecular weight excluding hydrogens is 441 g/mol. The number of nitrogens with one attached hydrogen (secondary N) is 2. The van der Waals surface area contributed by atoms with E-state index in [1.54, 1.807) is 29.2 Å². The second-order valence-electron chi connectivity index (χ2n) is 7.51. The Hall–Kier alpha value is -2.99. The lowest BCUT2D eigenvalue weighted by Crippen LogP contribution is -2.53. The Balaban J connectivity index is 1.57. The molecule has 1 heterocycles. The van der Waals surface area contributed by atoms with Gasteiger partial charge in [-0.15, -0.1) is 0 Å². The van der Waals surface area contributed by atoms with Crippen LogP contribution in [0.1, 0.15) is 32.4 Å². The molecule has 2 aromatic carbocycles. The Morgan fingerprint density at radius 3 is 2.42 bits per heavy atom. The number of aliphatic hydroxyl groups is 1. The van der Waals surface area contributed by atoms with Gasteiger partial charge in [-0.1, -0.05) is 30.3 Å². The number of hydrogen-bond acceptors (Lipinski definition) is 6. The normalized spacial score (nSPS) is 18.5. The van der Waals surface area contributed by atoms with Gasteiger partial charge in [-0.3, -0.25) is 14.9 Å². The predicted molar refractivity (Wildman–Crippen MR) is 113 cm³/mol. The SMILES string of the molecule is NC(NC(O)C(F)(F)F)c1ccc(C(=O)NCC2COCCN2C(=O)c2ccccc2)cc1. The molecule has 0 saturated carbocycles. The molecule has 0 radical (unpaired) electrons. The lowest BCUT2D eigenvalue weighted by Gasteiger charge is -2.35. The highest BCUT2D eigenvalue weighted by Crippen LogP contribution is 2.20. The number of carbonyl (C=O) groups excluding carboxylic acids is 2. The van der Waals surface area contributed by atoms with E-state index in [1.165, 1.54) is 24.3 Å². The highest BCUT2D eigenvalue weighted by Gasteiger charge is 2.39. The number of nitrogens with zero attached hydrogens (tertiary/aromatic N) is 1. The number of morpholine rings is 1. The summed E-state index contributed by atoms with van der Waals surface area (Å²) in [4.78, 5) is 27.0. The molecule has 11 heteroatoms. The van der Waals surface area contributed by atoms with Crippen LogP contribution in [0, 0.1) is 0 Å². The number of carbonyl (C=O) groups is 2. The zero-order chi connectivity index (χ0) is 24.0. The van der Waals surface area contributed by atoms with Crippen LogP contribution >= 0.6 is 0 Å². The third kappa shape index (κ3) is 6.51. The van der Waals surface area contributed by atoms with Crippen LogP contribution in [0.5, 0.6) is 0 Å². The van der Waals surface area contributed by atoms with Gasteiger partial charge in [-0.2, -0.15) is 13.2 Å². The molecule has 3 unspecified atom stereocenters. The van der Waals surface area contributed by atoms with Crippen molar-refractivity contribution in [1.29, 1.82) is 0 Å². The number of alkyl halides is 3. The molecule has 0 bridgehead atoms. The highest BCUT2D eigenvalue weighted by atomic mass is 19.4. The van der Waals surface area contributed by atoms with Crippen molar-refractivity contribution in [1.82, 2.24) is 15.5 Å². The zero-order valence-corrected chi connectivity index (χ0v) is 17.6. The van der Waals surface area contributed by atoms with Crippen molar-refractivity contribution in [3.8, 4) is 0 Å². The number of aliphatic hydroxyl groups excluding tert-OH is 1. The fraction of sp³-hybridized carbons (Fsp3) is 0.364. The molecule has 1 saturated heterocycles. The number of rotatable bonds is 7. The number of halogens is 3.